The number of carbonyl (C=O) groups is 1. The van der Waals surface area contributed by atoms with E-state index in [1.807, 2.05) is 0 Å². The smallest absolute Gasteiger partial charge is 0.242 e. The molecule has 2 rings (SSSR count). The molecule has 1 aliphatic heterocycles. The van der Waals surface area contributed by atoms with E-state index in [4.69, 9.17) is 5.73 Å². The third kappa shape index (κ3) is 3.55. The van der Waals surface area contributed by atoms with Gasteiger partial charge in [0.25, 0.3) is 0 Å². The van der Waals surface area contributed by atoms with Crippen molar-refractivity contribution in [1.29, 1.82) is 0 Å². The number of hydrogen-bond acceptors (Lipinski definition) is 2. The third-order valence-corrected chi connectivity index (χ3v) is 5.46. The summed E-state index contributed by atoms with van der Waals surface area (Å²) in [5.74, 6) is 2.32. The highest BCUT2D eigenvalue weighted by atomic mass is 16.2. The van der Waals surface area contributed by atoms with Crippen molar-refractivity contribution in [3.63, 3.8) is 0 Å². The van der Waals surface area contributed by atoms with Crippen molar-refractivity contribution >= 4 is 5.91 Å². The summed E-state index contributed by atoms with van der Waals surface area (Å²) >= 11 is 0. The highest BCUT2D eigenvalue weighted by Gasteiger charge is 2.40. The Morgan fingerprint density at radius 2 is 1.95 bits per heavy atom. The molecule has 2 N–H and O–H groups in total. The van der Waals surface area contributed by atoms with E-state index in [9.17, 15) is 4.79 Å². The Labute approximate surface area is 124 Å². The zero-order chi connectivity index (χ0) is 14.8. The Kier molecular flexibility index (Phi) is 5.11. The van der Waals surface area contributed by atoms with Gasteiger partial charge in [-0.05, 0) is 49.9 Å². The van der Waals surface area contributed by atoms with Crippen molar-refractivity contribution in [2.75, 3.05) is 13.1 Å². The van der Waals surface area contributed by atoms with Gasteiger partial charge in [0.05, 0.1) is 5.54 Å². The molecule has 1 saturated heterocycles. The minimum atomic E-state index is -0.574. The molecule has 20 heavy (non-hydrogen) atoms. The van der Waals surface area contributed by atoms with Crippen LogP contribution in [0, 0.1) is 17.8 Å². The minimum Gasteiger partial charge on any atom is -0.341 e. The van der Waals surface area contributed by atoms with E-state index >= 15 is 0 Å². The van der Waals surface area contributed by atoms with Gasteiger partial charge in [0.2, 0.25) is 5.91 Å². The van der Waals surface area contributed by atoms with Gasteiger partial charge in [-0.3, -0.25) is 4.79 Å². The summed E-state index contributed by atoms with van der Waals surface area (Å²) in [6.45, 7) is 8.65. The van der Waals surface area contributed by atoms with Crippen molar-refractivity contribution in [1.82, 2.24) is 4.90 Å². The molecule has 2 aliphatic rings. The Bertz CT molecular complexity index is 342. The van der Waals surface area contributed by atoms with Gasteiger partial charge in [-0.1, -0.05) is 33.6 Å². The highest BCUT2D eigenvalue weighted by molar-refractivity contribution is 5.86. The van der Waals surface area contributed by atoms with Crippen molar-refractivity contribution in [2.45, 2.75) is 71.3 Å². The average molecular weight is 280 g/mol. The van der Waals surface area contributed by atoms with Crippen LogP contribution in [0.4, 0.5) is 0 Å². The lowest BCUT2D eigenvalue weighted by Crippen LogP contribution is -2.57. The first kappa shape index (κ1) is 15.8. The summed E-state index contributed by atoms with van der Waals surface area (Å²) < 4.78 is 0. The SMILES string of the molecule is CC1CCCC(N)(C(=O)N2CCCC(C(C)C)CC2)C1. The Balaban J connectivity index is 1.98. The predicted octanol–water partition coefficient (Wildman–Crippen LogP) is 3.18. The lowest BCUT2D eigenvalue weighted by molar-refractivity contribution is -0.138. The normalized spacial score (nSPS) is 36.0. The van der Waals surface area contributed by atoms with E-state index in [1.165, 1.54) is 12.8 Å². The van der Waals surface area contributed by atoms with Gasteiger partial charge in [-0.25, -0.2) is 0 Å². The van der Waals surface area contributed by atoms with Crippen molar-refractivity contribution in [3.05, 3.63) is 0 Å². The molecule has 0 aromatic carbocycles. The maximum absolute atomic E-state index is 12.9. The second kappa shape index (κ2) is 6.46. The van der Waals surface area contributed by atoms with Crippen LogP contribution in [0.2, 0.25) is 0 Å². The number of nitrogens with zero attached hydrogens (tertiary/aromatic N) is 1. The van der Waals surface area contributed by atoms with Crippen LogP contribution < -0.4 is 5.73 Å². The van der Waals surface area contributed by atoms with Crippen LogP contribution in [0.15, 0.2) is 0 Å². The van der Waals surface area contributed by atoms with Crippen LogP contribution in [0.25, 0.3) is 0 Å². The van der Waals surface area contributed by atoms with Gasteiger partial charge in [0.1, 0.15) is 0 Å². The lowest BCUT2D eigenvalue weighted by Gasteiger charge is -2.39. The second-order valence-corrected chi connectivity index (χ2v) is 7.58. The Hall–Kier alpha value is -0.570. The summed E-state index contributed by atoms with van der Waals surface area (Å²) in [7, 11) is 0. The molecule has 3 unspecified atom stereocenters. The van der Waals surface area contributed by atoms with E-state index < -0.39 is 5.54 Å². The van der Waals surface area contributed by atoms with Gasteiger partial charge < -0.3 is 10.6 Å². The van der Waals surface area contributed by atoms with Crippen LogP contribution in [0.1, 0.15) is 65.7 Å². The highest BCUT2D eigenvalue weighted by Crippen LogP contribution is 2.33. The number of rotatable bonds is 2. The lowest BCUT2D eigenvalue weighted by atomic mass is 9.76. The van der Waals surface area contributed by atoms with E-state index in [0.29, 0.717) is 5.92 Å². The molecule has 1 heterocycles. The van der Waals surface area contributed by atoms with Crippen LogP contribution in [-0.2, 0) is 4.79 Å². The molecule has 3 heteroatoms. The fourth-order valence-electron chi connectivity index (χ4n) is 4.09. The van der Waals surface area contributed by atoms with E-state index in [1.54, 1.807) is 0 Å². The molecule has 1 amide bonds. The van der Waals surface area contributed by atoms with Gasteiger partial charge >= 0.3 is 0 Å². The largest absolute Gasteiger partial charge is 0.341 e. The maximum atomic E-state index is 12.9. The van der Waals surface area contributed by atoms with Crippen molar-refractivity contribution < 1.29 is 4.79 Å². The van der Waals surface area contributed by atoms with E-state index in [-0.39, 0.29) is 5.91 Å². The summed E-state index contributed by atoms with van der Waals surface area (Å²) in [4.78, 5) is 14.9. The number of nitrogens with two attached hydrogens (primary N) is 1. The zero-order valence-electron chi connectivity index (χ0n) is 13.5. The van der Waals surface area contributed by atoms with Crippen LogP contribution in [0.5, 0.6) is 0 Å². The third-order valence-electron chi connectivity index (χ3n) is 5.46. The summed E-state index contributed by atoms with van der Waals surface area (Å²) in [5, 5.41) is 0. The van der Waals surface area contributed by atoms with Crippen molar-refractivity contribution in [3.8, 4) is 0 Å². The molecule has 1 aliphatic carbocycles. The van der Waals surface area contributed by atoms with E-state index in [0.717, 1.165) is 57.0 Å². The zero-order valence-corrected chi connectivity index (χ0v) is 13.5. The number of likely N-dealkylation sites (tertiary alicyclic amines) is 1. The van der Waals surface area contributed by atoms with Gasteiger partial charge in [-0.2, -0.15) is 0 Å². The van der Waals surface area contributed by atoms with E-state index in [2.05, 4.69) is 25.7 Å². The molecule has 0 aromatic rings. The summed E-state index contributed by atoms with van der Waals surface area (Å²) in [6, 6.07) is 0. The molecule has 0 spiro atoms. The molecular formula is C17H32N2O. The number of carbonyl (C=O) groups excluding carboxylic acids is 1. The molecule has 116 valence electrons. The number of hydrogen-bond donors (Lipinski definition) is 1. The molecule has 0 bridgehead atoms. The van der Waals surface area contributed by atoms with Crippen LogP contribution in [-0.4, -0.2) is 29.4 Å². The first-order valence-electron chi connectivity index (χ1n) is 8.50. The molecule has 0 aromatic heterocycles. The first-order valence-corrected chi connectivity index (χ1v) is 8.50. The minimum absolute atomic E-state index is 0.230. The quantitative estimate of drug-likeness (QED) is 0.844. The molecule has 2 fully saturated rings. The summed E-state index contributed by atoms with van der Waals surface area (Å²) in [5.41, 5.74) is 5.90. The second-order valence-electron chi connectivity index (χ2n) is 7.58. The molecule has 0 radical (unpaired) electrons. The predicted molar refractivity (Wildman–Crippen MR) is 83.3 cm³/mol. The topological polar surface area (TPSA) is 46.3 Å². The Morgan fingerprint density at radius 3 is 2.60 bits per heavy atom. The van der Waals surface area contributed by atoms with Crippen LogP contribution in [0.3, 0.4) is 0 Å². The van der Waals surface area contributed by atoms with Crippen molar-refractivity contribution in [2.24, 2.45) is 23.5 Å². The Morgan fingerprint density at radius 1 is 1.20 bits per heavy atom. The molecule has 1 saturated carbocycles. The number of amides is 1. The standard InChI is InChI=1S/C17H32N2O/c1-13(2)15-7-5-10-19(11-8-15)16(20)17(18)9-4-6-14(3)12-17/h13-15H,4-12,18H2,1-3H3. The fourth-order valence-corrected chi connectivity index (χ4v) is 4.09. The first-order chi connectivity index (χ1) is 9.42. The van der Waals surface area contributed by atoms with Crippen LogP contribution >= 0.6 is 0 Å². The monoisotopic (exact) mass is 280 g/mol. The molecular weight excluding hydrogens is 248 g/mol. The average Bonchev–Trinajstić information content (AvgIpc) is 2.63. The fraction of sp³-hybridized carbons (Fsp3) is 0.941. The molecule has 3 nitrogen and oxygen atoms in total. The van der Waals surface area contributed by atoms with Gasteiger partial charge in [0.15, 0.2) is 0 Å². The summed E-state index contributed by atoms with van der Waals surface area (Å²) in [6.07, 6.45) is 7.62. The van der Waals surface area contributed by atoms with Gasteiger partial charge in [0, 0.05) is 13.1 Å². The maximum Gasteiger partial charge on any atom is 0.242 e. The molecule has 3 atom stereocenters. The van der Waals surface area contributed by atoms with Gasteiger partial charge in [-0.15, -0.1) is 0 Å².